The molecule has 1 unspecified atom stereocenters. The van der Waals surface area contributed by atoms with E-state index in [-0.39, 0.29) is 23.8 Å². The average Bonchev–Trinajstić information content (AvgIpc) is 2.37. The van der Waals surface area contributed by atoms with E-state index in [1.165, 1.54) is 0 Å². The average molecular weight is 286 g/mol. The van der Waals surface area contributed by atoms with Gasteiger partial charge in [-0.2, -0.15) is 0 Å². The van der Waals surface area contributed by atoms with E-state index in [0.717, 1.165) is 19.5 Å². The summed E-state index contributed by atoms with van der Waals surface area (Å²) in [5.74, 6) is -0.781. The maximum Gasteiger partial charge on any atom is 0.303 e. The van der Waals surface area contributed by atoms with Crippen molar-refractivity contribution in [3.05, 3.63) is 0 Å². The Kier molecular flexibility index (Phi) is 6.95. The van der Waals surface area contributed by atoms with Crippen molar-refractivity contribution < 1.29 is 19.4 Å². The normalized spacial score (nSPS) is 19.6. The Hall–Kier alpha value is -1.14. The molecule has 0 aliphatic carbocycles. The molecular weight excluding hydrogens is 260 g/mol. The van der Waals surface area contributed by atoms with Crippen LogP contribution in [0, 0.1) is 5.41 Å². The molecule has 1 aliphatic heterocycles. The molecule has 0 spiro atoms. The standard InChI is InChI=1S/C14H26N2O4/c1-14(2,4-3-13(18)19)5-6-16-12(17)9-11-10-15-7-8-20-11/h11,15H,3-10H2,1-2H3,(H,16,17)(H,18,19). The Morgan fingerprint density at radius 1 is 1.40 bits per heavy atom. The number of carbonyl (C=O) groups excluding carboxylic acids is 1. The number of carbonyl (C=O) groups is 2. The second kappa shape index (κ2) is 8.21. The van der Waals surface area contributed by atoms with Gasteiger partial charge in [0.2, 0.25) is 5.91 Å². The lowest BCUT2D eigenvalue weighted by Crippen LogP contribution is -2.41. The summed E-state index contributed by atoms with van der Waals surface area (Å²) in [5.41, 5.74) is -0.0748. The number of carboxylic acids is 1. The first kappa shape index (κ1) is 16.9. The second-order valence-corrected chi connectivity index (χ2v) is 6.06. The summed E-state index contributed by atoms with van der Waals surface area (Å²) in [4.78, 5) is 22.3. The molecule has 1 amide bonds. The molecule has 6 nitrogen and oxygen atoms in total. The topological polar surface area (TPSA) is 87.7 Å². The highest BCUT2D eigenvalue weighted by Crippen LogP contribution is 2.25. The lowest BCUT2D eigenvalue weighted by molar-refractivity contribution is -0.137. The predicted octanol–water partition coefficient (Wildman–Crippen LogP) is 0.762. The van der Waals surface area contributed by atoms with Gasteiger partial charge < -0.3 is 20.5 Å². The van der Waals surface area contributed by atoms with E-state index in [2.05, 4.69) is 10.6 Å². The molecule has 0 aromatic heterocycles. The molecule has 1 rings (SSSR count). The first-order valence-corrected chi connectivity index (χ1v) is 7.20. The number of morpholine rings is 1. The molecule has 0 bridgehead atoms. The van der Waals surface area contributed by atoms with Crippen LogP contribution in [0.1, 0.15) is 39.5 Å². The largest absolute Gasteiger partial charge is 0.481 e. The number of hydrogen-bond acceptors (Lipinski definition) is 4. The Balaban J connectivity index is 2.15. The lowest BCUT2D eigenvalue weighted by atomic mass is 9.84. The number of hydrogen-bond donors (Lipinski definition) is 3. The van der Waals surface area contributed by atoms with Crippen molar-refractivity contribution in [3.63, 3.8) is 0 Å². The van der Waals surface area contributed by atoms with E-state index < -0.39 is 5.97 Å². The molecule has 0 aromatic rings. The number of ether oxygens (including phenoxy) is 1. The van der Waals surface area contributed by atoms with Gasteiger partial charge in [-0.05, 0) is 18.3 Å². The first-order chi connectivity index (χ1) is 9.39. The zero-order valence-corrected chi connectivity index (χ0v) is 12.4. The van der Waals surface area contributed by atoms with Crippen LogP contribution in [-0.4, -0.2) is 49.3 Å². The van der Waals surface area contributed by atoms with Gasteiger partial charge in [-0.3, -0.25) is 9.59 Å². The van der Waals surface area contributed by atoms with E-state index in [9.17, 15) is 9.59 Å². The summed E-state index contributed by atoms with van der Waals surface area (Å²) in [6.07, 6.45) is 1.90. The van der Waals surface area contributed by atoms with E-state index in [4.69, 9.17) is 9.84 Å². The molecule has 20 heavy (non-hydrogen) atoms. The van der Waals surface area contributed by atoms with Crippen molar-refractivity contribution >= 4 is 11.9 Å². The molecule has 1 saturated heterocycles. The molecule has 1 aliphatic rings. The maximum absolute atomic E-state index is 11.8. The fourth-order valence-electron chi connectivity index (χ4n) is 2.14. The van der Waals surface area contributed by atoms with E-state index in [1.807, 2.05) is 13.8 Å². The molecule has 116 valence electrons. The van der Waals surface area contributed by atoms with Crippen LogP contribution < -0.4 is 10.6 Å². The predicted molar refractivity (Wildman–Crippen MR) is 75.5 cm³/mol. The number of aliphatic carboxylic acids is 1. The van der Waals surface area contributed by atoms with Gasteiger partial charge in [0.1, 0.15) is 0 Å². The van der Waals surface area contributed by atoms with Gasteiger partial charge in [-0.15, -0.1) is 0 Å². The van der Waals surface area contributed by atoms with E-state index >= 15 is 0 Å². The Morgan fingerprint density at radius 2 is 2.15 bits per heavy atom. The zero-order chi connectivity index (χ0) is 15.0. The van der Waals surface area contributed by atoms with Crippen LogP contribution in [0.2, 0.25) is 0 Å². The van der Waals surface area contributed by atoms with Crippen molar-refractivity contribution in [1.82, 2.24) is 10.6 Å². The molecular formula is C14H26N2O4. The number of rotatable bonds is 8. The van der Waals surface area contributed by atoms with Crippen LogP contribution in [0.3, 0.4) is 0 Å². The Labute approximate surface area is 120 Å². The van der Waals surface area contributed by atoms with Crippen molar-refractivity contribution in [3.8, 4) is 0 Å². The summed E-state index contributed by atoms with van der Waals surface area (Å²) in [5, 5.41) is 14.8. The molecule has 1 heterocycles. The van der Waals surface area contributed by atoms with Crippen LogP contribution in [0.5, 0.6) is 0 Å². The highest BCUT2D eigenvalue weighted by atomic mass is 16.5. The summed E-state index contributed by atoms with van der Waals surface area (Å²) in [6, 6.07) is 0. The van der Waals surface area contributed by atoms with Crippen molar-refractivity contribution in [2.45, 2.75) is 45.6 Å². The number of carboxylic acid groups (broad SMARTS) is 1. The van der Waals surface area contributed by atoms with Crippen LogP contribution in [0.4, 0.5) is 0 Å². The molecule has 0 radical (unpaired) electrons. The van der Waals surface area contributed by atoms with Crippen LogP contribution in [0.25, 0.3) is 0 Å². The third kappa shape index (κ3) is 7.45. The van der Waals surface area contributed by atoms with E-state index in [1.54, 1.807) is 0 Å². The number of nitrogens with one attached hydrogen (secondary N) is 2. The van der Waals surface area contributed by atoms with Gasteiger partial charge in [0.15, 0.2) is 0 Å². The molecule has 1 fully saturated rings. The maximum atomic E-state index is 11.8. The van der Waals surface area contributed by atoms with Crippen LogP contribution in [0.15, 0.2) is 0 Å². The molecule has 1 atom stereocenters. The highest BCUT2D eigenvalue weighted by molar-refractivity contribution is 5.76. The Bertz CT molecular complexity index is 325. The van der Waals surface area contributed by atoms with Gasteiger partial charge in [0, 0.05) is 26.1 Å². The van der Waals surface area contributed by atoms with Gasteiger partial charge in [-0.25, -0.2) is 0 Å². The zero-order valence-electron chi connectivity index (χ0n) is 12.4. The first-order valence-electron chi connectivity index (χ1n) is 7.20. The number of amides is 1. The fraction of sp³-hybridized carbons (Fsp3) is 0.857. The van der Waals surface area contributed by atoms with Crippen molar-refractivity contribution in [1.29, 1.82) is 0 Å². The van der Waals surface area contributed by atoms with Crippen LogP contribution >= 0.6 is 0 Å². The molecule has 0 saturated carbocycles. The quantitative estimate of drug-likeness (QED) is 0.613. The van der Waals surface area contributed by atoms with Gasteiger partial charge in [-0.1, -0.05) is 13.8 Å². The van der Waals surface area contributed by atoms with Gasteiger partial charge >= 0.3 is 5.97 Å². The molecule has 3 N–H and O–H groups in total. The smallest absolute Gasteiger partial charge is 0.303 e. The SMILES string of the molecule is CC(C)(CCNC(=O)CC1CNCCO1)CCC(=O)O. The van der Waals surface area contributed by atoms with E-state index in [0.29, 0.717) is 26.0 Å². The second-order valence-electron chi connectivity index (χ2n) is 6.06. The molecule has 0 aromatic carbocycles. The minimum Gasteiger partial charge on any atom is -0.481 e. The fourth-order valence-corrected chi connectivity index (χ4v) is 2.14. The summed E-state index contributed by atoms with van der Waals surface area (Å²) in [7, 11) is 0. The minimum atomic E-state index is -0.774. The molecule has 6 heteroatoms. The van der Waals surface area contributed by atoms with Crippen molar-refractivity contribution in [2.24, 2.45) is 5.41 Å². The lowest BCUT2D eigenvalue weighted by Gasteiger charge is -2.25. The Morgan fingerprint density at radius 3 is 2.75 bits per heavy atom. The summed E-state index contributed by atoms with van der Waals surface area (Å²) >= 11 is 0. The summed E-state index contributed by atoms with van der Waals surface area (Å²) in [6.45, 7) is 6.84. The van der Waals surface area contributed by atoms with Gasteiger partial charge in [0.25, 0.3) is 0 Å². The van der Waals surface area contributed by atoms with Gasteiger partial charge in [0.05, 0.1) is 19.1 Å². The van der Waals surface area contributed by atoms with Crippen molar-refractivity contribution in [2.75, 3.05) is 26.2 Å². The third-order valence-corrected chi connectivity index (χ3v) is 3.56. The van der Waals surface area contributed by atoms with Crippen LogP contribution in [-0.2, 0) is 14.3 Å². The monoisotopic (exact) mass is 286 g/mol. The highest BCUT2D eigenvalue weighted by Gasteiger charge is 2.20. The third-order valence-electron chi connectivity index (χ3n) is 3.56. The summed E-state index contributed by atoms with van der Waals surface area (Å²) < 4.78 is 5.47. The minimum absolute atomic E-state index is 0.00673.